The topological polar surface area (TPSA) is 65.1 Å². The van der Waals surface area contributed by atoms with Crippen molar-refractivity contribution in [3.8, 4) is 0 Å². The number of amidine groups is 1. The average Bonchev–Trinajstić information content (AvgIpc) is 2.41. The monoisotopic (exact) mass is 310 g/mol. The van der Waals surface area contributed by atoms with Crippen molar-refractivity contribution in [1.29, 1.82) is 0 Å². The molecule has 0 atom stereocenters. The molecule has 1 aromatic rings. The normalized spacial score (nSPS) is 17.7. The van der Waals surface area contributed by atoms with Crippen LogP contribution in [0.3, 0.4) is 0 Å². The van der Waals surface area contributed by atoms with Gasteiger partial charge in [0.15, 0.2) is 5.84 Å². The van der Waals surface area contributed by atoms with Gasteiger partial charge in [-0.05, 0) is 51.6 Å². The van der Waals surface area contributed by atoms with Gasteiger partial charge in [-0.25, -0.2) is 0 Å². The van der Waals surface area contributed by atoms with Crippen molar-refractivity contribution >= 4 is 23.1 Å². The largest absolute Gasteiger partial charge is 0.409 e. The summed E-state index contributed by atoms with van der Waals surface area (Å²) < 4.78 is 0. The Kier molecular flexibility index (Phi) is 4.64. The first-order valence-corrected chi connectivity index (χ1v) is 7.43. The molecule has 0 heterocycles. The number of anilines is 1. The Hall–Kier alpha value is -1.46. The summed E-state index contributed by atoms with van der Waals surface area (Å²) in [4.78, 5) is 4.45. The van der Waals surface area contributed by atoms with Crippen molar-refractivity contribution < 1.29 is 5.21 Å². The smallest absolute Gasteiger partial charge is 0.172 e. The second-order valence-corrected chi connectivity index (χ2v) is 6.41. The molecule has 1 aliphatic rings. The average molecular weight is 311 g/mol. The van der Waals surface area contributed by atoms with Crippen LogP contribution in [0.2, 0.25) is 5.02 Å². The first kappa shape index (κ1) is 15.9. The number of hydrogen-bond donors (Lipinski definition) is 2. The third-order valence-electron chi connectivity index (χ3n) is 4.52. The zero-order chi connectivity index (χ0) is 15.6. The van der Waals surface area contributed by atoms with Gasteiger partial charge in [-0.15, -0.1) is 0 Å². The minimum atomic E-state index is 0.0758. The summed E-state index contributed by atoms with van der Waals surface area (Å²) >= 11 is 6.03. The number of nitrogens with two attached hydrogens (primary N) is 1. The van der Waals surface area contributed by atoms with Crippen molar-refractivity contribution in [2.45, 2.75) is 24.8 Å². The number of rotatable bonds is 5. The van der Waals surface area contributed by atoms with Crippen LogP contribution in [-0.4, -0.2) is 49.2 Å². The highest BCUT2D eigenvalue weighted by Crippen LogP contribution is 2.38. The molecule has 0 aliphatic heterocycles. The lowest BCUT2D eigenvalue weighted by molar-refractivity contribution is 0.0683. The fourth-order valence-electron chi connectivity index (χ4n) is 2.96. The Morgan fingerprint density at radius 3 is 2.52 bits per heavy atom. The Labute approximate surface area is 131 Å². The molecule has 3 N–H and O–H groups in total. The van der Waals surface area contributed by atoms with Crippen LogP contribution in [0.4, 0.5) is 5.69 Å². The second kappa shape index (κ2) is 6.12. The van der Waals surface area contributed by atoms with E-state index in [-0.39, 0.29) is 11.4 Å². The first-order chi connectivity index (χ1) is 9.89. The molecule has 0 spiro atoms. The lowest BCUT2D eigenvalue weighted by Gasteiger charge is -2.49. The number of hydrogen-bond acceptors (Lipinski definition) is 4. The lowest BCUT2D eigenvalue weighted by Crippen LogP contribution is -2.56. The first-order valence-electron chi connectivity index (χ1n) is 7.06. The summed E-state index contributed by atoms with van der Waals surface area (Å²) in [6, 6.07) is 5.47. The molecule has 1 aromatic carbocycles. The molecular weight excluding hydrogens is 288 g/mol. The third-order valence-corrected chi connectivity index (χ3v) is 4.75. The summed E-state index contributed by atoms with van der Waals surface area (Å²) in [6.07, 6.45) is 3.65. The maximum absolute atomic E-state index is 8.96. The minimum Gasteiger partial charge on any atom is -0.409 e. The van der Waals surface area contributed by atoms with E-state index < -0.39 is 0 Å². The fourth-order valence-corrected chi connectivity index (χ4v) is 3.13. The van der Waals surface area contributed by atoms with Crippen LogP contribution >= 0.6 is 11.6 Å². The quantitative estimate of drug-likeness (QED) is 0.379. The molecule has 1 aliphatic carbocycles. The van der Waals surface area contributed by atoms with Crippen molar-refractivity contribution in [3.63, 3.8) is 0 Å². The fraction of sp³-hybridized carbons (Fsp3) is 0.533. The highest BCUT2D eigenvalue weighted by atomic mass is 35.5. The van der Waals surface area contributed by atoms with Gasteiger partial charge in [-0.3, -0.25) is 0 Å². The molecular formula is C15H23ClN4O. The van der Waals surface area contributed by atoms with Crippen LogP contribution in [0, 0.1) is 0 Å². The van der Waals surface area contributed by atoms with Gasteiger partial charge in [0.1, 0.15) is 0 Å². The van der Waals surface area contributed by atoms with Gasteiger partial charge in [0, 0.05) is 35.4 Å². The van der Waals surface area contributed by atoms with E-state index in [9.17, 15) is 0 Å². The van der Waals surface area contributed by atoms with E-state index in [1.165, 1.54) is 19.3 Å². The van der Waals surface area contributed by atoms with E-state index in [0.29, 0.717) is 10.6 Å². The molecule has 0 saturated heterocycles. The van der Waals surface area contributed by atoms with E-state index >= 15 is 0 Å². The van der Waals surface area contributed by atoms with Crippen molar-refractivity contribution in [2.75, 3.05) is 32.6 Å². The van der Waals surface area contributed by atoms with E-state index in [1.54, 1.807) is 6.07 Å². The van der Waals surface area contributed by atoms with Crippen molar-refractivity contribution in [1.82, 2.24) is 4.90 Å². The Morgan fingerprint density at radius 2 is 2.05 bits per heavy atom. The number of halogens is 1. The highest BCUT2D eigenvalue weighted by Gasteiger charge is 2.40. The van der Waals surface area contributed by atoms with Gasteiger partial charge in [0.05, 0.1) is 0 Å². The molecule has 2 rings (SSSR count). The van der Waals surface area contributed by atoms with Crippen LogP contribution in [0.15, 0.2) is 23.4 Å². The number of nitrogens with zero attached hydrogens (tertiary/aromatic N) is 3. The standard InChI is InChI=1S/C15H23ClN4O/c1-19(2)15(7-4-8-15)10-20(3)13-6-5-11(16)9-12(13)14(17)18-21/h5-6,9,21H,4,7-8,10H2,1-3H3,(H2,17,18). The molecule has 1 saturated carbocycles. The zero-order valence-corrected chi connectivity index (χ0v) is 13.6. The zero-order valence-electron chi connectivity index (χ0n) is 12.8. The second-order valence-electron chi connectivity index (χ2n) is 5.98. The predicted molar refractivity (Wildman–Crippen MR) is 87.5 cm³/mol. The summed E-state index contributed by atoms with van der Waals surface area (Å²) in [7, 11) is 6.28. The molecule has 1 fully saturated rings. The van der Waals surface area contributed by atoms with Gasteiger partial charge in [0.2, 0.25) is 0 Å². The van der Waals surface area contributed by atoms with Crippen molar-refractivity contribution in [3.05, 3.63) is 28.8 Å². The number of benzene rings is 1. The molecule has 0 bridgehead atoms. The molecule has 116 valence electrons. The highest BCUT2D eigenvalue weighted by molar-refractivity contribution is 6.31. The van der Waals surface area contributed by atoms with Crippen LogP contribution < -0.4 is 10.6 Å². The molecule has 0 aromatic heterocycles. The van der Waals surface area contributed by atoms with Gasteiger partial charge in [-0.1, -0.05) is 16.8 Å². The molecule has 21 heavy (non-hydrogen) atoms. The third kappa shape index (κ3) is 3.09. The summed E-state index contributed by atoms with van der Waals surface area (Å²) in [5, 5.41) is 12.6. The van der Waals surface area contributed by atoms with Gasteiger partial charge in [0.25, 0.3) is 0 Å². The van der Waals surface area contributed by atoms with Gasteiger partial charge in [-0.2, -0.15) is 0 Å². The molecule has 0 unspecified atom stereocenters. The Balaban J connectivity index is 2.29. The van der Waals surface area contributed by atoms with Crippen LogP contribution in [-0.2, 0) is 0 Å². The Morgan fingerprint density at radius 1 is 1.38 bits per heavy atom. The van der Waals surface area contributed by atoms with Crippen LogP contribution in [0.25, 0.3) is 0 Å². The summed E-state index contributed by atoms with van der Waals surface area (Å²) in [6.45, 7) is 0.896. The maximum atomic E-state index is 8.96. The van der Waals surface area contributed by atoms with E-state index in [0.717, 1.165) is 12.2 Å². The maximum Gasteiger partial charge on any atom is 0.172 e. The van der Waals surface area contributed by atoms with E-state index in [1.807, 2.05) is 19.2 Å². The predicted octanol–water partition coefficient (Wildman–Crippen LogP) is 2.35. The van der Waals surface area contributed by atoms with Gasteiger partial charge < -0.3 is 20.7 Å². The molecule has 6 heteroatoms. The van der Waals surface area contributed by atoms with Crippen LogP contribution in [0.5, 0.6) is 0 Å². The molecule has 5 nitrogen and oxygen atoms in total. The molecule has 0 amide bonds. The van der Waals surface area contributed by atoms with E-state index in [2.05, 4.69) is 29.1 Å². The summed E-state index contributed by atoms with van der Waals surface area (Å²) in [5.41, 5.74) is 7.55. The van der Waals surface area contributed by atoms with Crippen molar-refractivity contribution in [2.24, 2.45) is 10.9 Å². The molecule has 0 radical (unpaired) electrons. The minimum absolute atomic E-state index is 0.0758. The van der Waals surface area contributed by atoms with E-state index in [4.69, 9.17) is 22.5 Å². The Bertz CT molecular complexity index is 540. The summed E-state index contributed by atoms with van der Waals surface area (Å²) in [5.74, 6) is 0.0758. The number of likely N-dealkylation sites (N-methyl/N-ethyl adjacent to an activating group) is 2. The van der Waals surface area contributed by atoms with Gasteiger partial charge >= 0.3 is 0 Å². The SMILES string of the molecule is CN(CC1(N(C)C)CCC1)c1ccc(Cl)cc1/C(N)=N/O. The van der Waals surface area contributed by atoms with Crippen LogP contribution in [0.1, 0.15) is 24.8 Å². The number of oxime groups is 1. The lowest BCUT2D eigenvalue weighted by atomic mass is 9.75.